The van der Waals surface area contributed by atoms with E-state index in [-0.39, 0.29) is 23.9 Å². The minimum absolute atomic E-state index is 0.184. The molecule has 0 aromatic carbocycles. The summed E-state index contributed by atoms with van der Waals surface area (Å²) in [7, 11) is 0. The summed E-state index contributed by atoms with van der Waals surface area (Å²) >= 11 is 0. The third-order valence-corrected chi connectivity index (χ3v) is 2.25. The molecule has 2 atom stereocenters. The summed E-state index contributed by atoms with van der Waals surface area (Å²) in [6.07, 6.45) is 2.87. The van der Waals surface area contributed by atoms with Gasteiger partial charge >= 0.3 is 0 Å². The highest BCUT2D eigenvalue weighted by Gasteiger charge is 2.30. The molecule has 0 aliphatic carbocycles. The second kappa shape index (κ2) is 4.37. The largest absolute Gasteiger partial charge is 0.295 e. The lowest BCUT2D eigenvalue weighted by molar-refractivity contribution is -0.136. The fraction of sp³-hybridized carbons (Fsp3) is 0.778. The second-order valence-corrected chi connectivity index (χ2v) is 3.44. The molecule has 1 rings (SSSR count). The number of hydrogen-bond donors (Lipinski definition) is 2. The number of nitrogens with one attached hydrogen (secondary N) is 2. The van der Waals surface area contributed by atoms with Crippen LogP contribution in [-0.4, -0.2) is 23.9 Å². The van der Waals surface area contributed by atoms with Crippen LogP contribution in [0.5, 0.6) is 0 Å². The number of amides is 2. The van der Waals surface area contributed by atoms with Crippen molar-refractivity contribution in [1.29, 1.82) is 0 Å². The van der Waals surface area contributed by atoms with Gasteiger partial charge in [0.05, 0.1) is 12.1 Å². The molecule has 74 valence electrons. The number of imide groups is 1. The summed E-state index contributed by atoms with van der Waals surface area (Å²) in [6, 6.07) is -0.438. The predicted molar refractivity (Wildman–Crippen MR) is 49.1 cm³/mol. The van der Waals surface area contributed by atoms with Crippen molar-refractivity contribution >= 4 is 11.8 Å². The molecule has 1 fully saturated rings. The summed E-state index contributed by atoms with van der Waals surface area (Å²) in [4.78, 5) is 22.3. The van der Waals surface area contributed by atoms with E-state index in [0.717, 1.165) is 19.3 Å². The van der Waals surface area contributed by atoms with Crippen LogP contribution in [0.4, 0.5) is 0 Å². The van der Waals surface area contributed by atoms with Gasteiger partial charge in [-0.1, -0.05) is 19.8 Å². The molecule has 13 heavy (non-hydrogen) atoms. The molecular weight excluding hydrogens is 168 g/mol. The molecule has 0 aromatic rings. The summed E-state index contributed by atoms with van der Waals surface area (Å²) in [5.41, 5.74) is 0. The molecule has 0 radical (unpaired) electrons. The first-order valence-corrected chi connectivity index (χ1v) is 4.76. The van der Waals surface area contributed by atoms with Crippen LogP contribution >= 0.6 is 0 Å². The van der Waals surface area contributed by atoms with E-state index in [2.05, 4.69) is 17.6 Å². The summed E-state index contributed by atoms with van der Waals surface area (Å²) < 4.78 is 0. The van der Waals surface area contributed by atoms with Crippen molar-refractivity contribution in [2.24, 2.45) is 0 Å². The van der Waals surface area contributed by atoms with Crippen LogP contribution in [0.2, 0.25) is 0 Å². The zero-order valence-corrected chi connectivity index (χ0v) is 8.09. The molecule has 2 unspecified atom stereocenters. The van der Waals surface area contributed by atoms with Crippen molar-refractivity contribution in [3.8, 4) is 0 Å². The lowest BCUT2D eigenvalue weighted by atomic mass is 10.1. The molecular formula is C9H16N2O2. The third kappa shape index (κ3) is 2.52. The zero-order chi connectivity index (χ0) is 9.84. The van der Waals surface area contributed by atoms with Crippen LogP contribution in [0.15, 0.2) is 0 Å². The van der Waals surface area contributed by atoms with Gasteiger partial charge in [0, 0.05) is 0 Å². The van der Waals surface area contributed by atoms with E-state index in [1.54, 1.807) is 6.92 Å². The van der Waals surface area contributed by atoms with Crippen LogP contribution in [0.3, 0.4) is 0 Å². The number of rotatable bonds is 3. The fourth-order valence-electron chi connectivity index (χ4n) is 1.39. The molecule has 4 nitrogen and oxygen atoms in total. The lowest BCUT2D eigenvalue weighted by Crippen LogP contribution is -2.60. The molecule has 0 bridgehead atoms. The SMILES string of the molecule is CCCCC1NC(C)C(=O)NC1=O. The van der Waals surface area contributed by atoms with Gasteiger partial charge < -0.3 is 0 Å². The Morgan fingerprint density at radius 3 is 2.62 bits per heavy atom. The average molecular weight is 184 g/mol. The quantitative estimate of drug-likeness (QED) is 0.615. The molecule has 0 aromatic heterocycles. The standard InChI is InChI=1S/C9H16N2O2/c1-3-4-5-7-9(13)11-8(12)6(2)10-7/h6-7,10H,3-5H2,1-2H3,(H,11,12,13). The molecule has 1 saturated heterocycles. The monoisotopic (exact) mass is 184 g/mol. The van der Waals surface area contributed by atoms with Gasteiger partial charge in [-0.25, -0.2) is 0 Å². The predicted octanol–water partition coefficient (Wildman–Crippen LogP) is 0.180. The molecule has 2 N–H and O–H groups in total. The Morgan fingerprint density at radius 1 is 1.31 bits per heavy atom. The highest BCUT2D eigenvalue weighted by atomic mass is 16.2. The van der Waals surface area contributed by atoms with Gasteiger partial charge in [0.2, 0.25) is 11.8 Å². The highest BCUT2D eigenvalue weighted by Crippen LogP contribution is 2.05. The molecule has 1 aliphatic heterocycles. The molecule has 4 heteroatoms. The molecule has 1 aliphatic rings. The lowest BCUT2D eigenvalue weighted by Gasteiger charge is -2.27. The first kappa shape index (κ1) is 10.2. The molecule has 0 saturated carbocycles. The normalized spacial score (nSPS) is 28.8. The van der Waals surface area contributed by atoms with Crippen molar-refractivity contribution in [2.45, 2.75) is 45.2 Å². The number of unbranched alkanes of at least 4 members (excludes halogenated alkanes) is 1. The van der Waals surface area contributed by atoms with E-state index in [9.17, 15) is 9.59 Å². The van der Waals surface area contributed by atoms with Crippen LogP contribution in [-0.2, 0) is 9.59 Å². The van der Waals surface area contributed by atoms with Gasteiger partial charge in [-0.15, -0.1) is 0 Å². The Morgan fingerprint density at radius 2 is 2.00 bits per heavy atom. The molecule has 0 spiro atoms. The van der Waals surface area contributed by atoms with Gasteiger partial charge in [0.1, 0.15) is 0 Å². The highest BCUT2D eigenvalue weighted by molar-refractivity contribution is 6.02. The first-order chi connectivity index (χ1) is 6.15. The number of hydrogen-bond acceptors (Lipinski definition) is 3. The maximum absolute atomic E-state index is 11.3. The number of carbonyl (C=O) groups is 2. The van der Waals surface area contributed by atoms with E-state index in [4.69, 9.17) is 0 Å². The summed E-state index contributed by atoms with van der Waals surface area (Å²) in [5, 5.41) is 5.34. The van der Waals surface area contributed by atoms with Crippen molar-refractivity contribution in [2.75, 3.05) is 0 Å². The minimum Gasteiger partial charge on any atom is -0.295 e. The molecule has 2 amide bonds. The maximum atomic E-state index is 11.3. The van der Waals surface area contributed by atoms with Crippen LogP contribution < -0.4 is 10.6 Å². The fourth-order valence-corrected chi connectivity index (χ4v) is 1.39. The number of carbonyl (C=O) groups excluding carboxylic acids is 2. The van der Waals surface area contributed by atoms with E-state index < -0.39 is 0 Å². The Labute approximate surface area is 78.1 Å². The molecule has 1 heterocycles. The van der Waals surface area contributed by atoms with E-state index in [0.29, 0.717) is 0 Å². The van der Waals surface area contributed by atoms with Crippen LogP contribution in [0.25, 0.3) is 0 Å². The number of piperazine rings is 1. The third-order valence-electron chi connectivity index (χ3n) is 2.25. The van der Waals surface area contributed by atoms with E-state index in [1.807, 2.05) is 0 Å². The van der Waals surface area contributed by atoms with Crippen LogP contribution in [0, 0.1) is 0 Å². The Balaban J connectivity index is 2.46. The van der Waals surface area contributed by atoms with Gasteiger partial charge in [0.15, 0.2) is 0 Å². The summed E-state index contributed by atoms with van der Waals surface area (Å²) in [5.74, 6) is -0.408. The van der Waals surface area contributed by atoms with Crippen molar-refractivity contribution < 1.29 is 9.59 Å². The van der Waals surface area contributed by atoms with Gasteiger partial charge in [-0.2, -0.15) is 0 Å². The zero-order valence-electron chi connectivity index (χ0n) is 8.09. The average Bonchev–Trinajstić information content (AvgIpc) is 2.09. The topological polar surface area (TPSA) is 58.2 Å². The van der Waals surface area contributed by atoms with Gasteiger partial charge in [0.25, 0.3) is 0 Å². The smallest absolute Gasteiger partial charge is 0.243 e. The van der Waals surface area contributed by atoms with Gasteiger partial charge in [-0.3, -0.25) is 20.2 Å². The second-order valence-electron chi connectivity index (χ2n) is 3.44. The van der Waals surface area contributed by atoms with Gasteiger partial charge in [-0.05, 0) is 13.3 Å². The first-order valence-electron chi connectivity index (χ1n) is 4.76. The maximum Gasteiger partial charge on any atom is 0.243 e. The Kier molecular flexibility index (Phi) is 3.42. The Bertz CT molecular complexity index is 216. The van der Waals surface area contributed by atoms with E-state index >= 15 is 0 Å². The van der Waals surface area contributed by atoms with Crippen LogP contribution in [0.1, 0.15) is 33.1 Å². The minimum atomic E-state index is -0.250. The van der Waals surface area contributed by atoms with Crippen molar-refractivity contribution in [3.63, 3.8) is 0 Å². The van der Waals surface area contributed by atoms with Crippen molar-refractivity contribution in [3.05, 3.63) is 0 Å². The summed E-state index contributed by atoms with van der Waals surface area (Å²) in [6.45, 7) is 3.84. The van der Waals surface area contributed by atoms with Crippen molar-refractivity contribution in [1.82, 2.24) is 10.6 Å². The Hall–Kier alpha value is -0.900. The van der Waals surface area contributed by atoms with E-state index in [1.165, 1.54) is 0 Å².